The van der Waals surface area contributed by atoms with Gasteiger partial charge in [0, 0.05) is 17.6 Å². The molecule has 1 aromatic carbocycles. The Kier molecular flexibility index (Phi) is 5.10. The summed E-state index contributed by atoms with van der Waals surface area (Å²) in [5.74, 6) is 0. The molecule has 1 heterocycles. The summed E-state index contributed by atoms with van der Waals surface area (Å²) < 4.78 is 34.3. The lowest BCUT2D eigenvalue weighted by molar-refractivity contribution is 0.0957. The maximum absolute atomic E-state index is 12.7. The van der Waals surface area contributed by atoms with Crippen molar-refractivity contribution in [3.63, 3.8) is 0 Å². The highest BCUT2D eigenvalue weighted by atomic mass is 79.9. The van der Waals surface area contributed by atoms with Gasteiger partial charge >= 0.3 is 0 Å². The van der Waals surface area contributed by atoms with Gasteiger partial charge in [-0.3, -0.25) is 0 Å². The van der Waals surface area contributed by atoms with Crippen LogP contribution in [0.15, 0.2) is 27.6 Å². The van der Waals surface area contributed by atoms with Gasteiger partial charge in [-0.05, 0) is 60.9 Å². The lowest BCUT2D eigenvalue weighted by Crippen LogP contribution is -2.50. The summed E-state index contributed by atoms with van der Waals surface area (Å²) in [5, 5.41) is 3.02. The molecule has 2 unspecified atom stereocenters. The number of sulfonamides is 1. The number of nitrogens with one attached hydrogen (secondary N) is 2. The van der Waals surface area contributed by atoms with E-state index in [0.717, 1.165) is 5.56 Å². The lowest BCUT2D eigenvalue weighted by Gasteiger charge is -2.28. The first-order valence-electron chi connectivity index (χ1n) is 6.87. The summed E-state index contributed by atoms with van der Waals surface area (Å²) in [6.45, 7) is 4.96. The Labute approximate surface area is 134 Å². The molecule has 2 rings (SSSR count). The van der Waals surface area contributed by atoms with Crippen molar-refractivity contribution in [2.75, 3.05) is 13.7 Å². The summed E-state index contributed by atoms with van der Waals surface area (Å²) in [4.78, 5) is 0.260. The Morgan fingerprint density at radius 2 is 2.19 bits per heavy atom. The predicted molar refractivity (Wildman–Crippen MR) is 85.7 cm³/mol. The van der Waals surface area contributed by atoms with E-state index in [2.05, 4.69) is 26.0 Å². The van der Waals surface area contributed by atoms with Gasteiger partial charge in [0.25, 0.3) is 0 Å². The fraction of sp³-hybridized carbons (Fsp3) is 0.571. The summed E-state index contributed by atoms with van der Waals surface area (Å²) in [7, 11) is -1.78. The van der Waals surface area contributed by atoms with Crippen LogP contribution in [0.1, 0.15) is 25.8 Å². The zero-order valence-corrected chi connectivity index (χ0v) is 14.8. The fourth-order valence-electron chi connectivity index (χ4n) is 2.40. The maximum Gasteiger partial charge on any atom is 0.242 e. The largest absolute Gasteiger partial charge is 0.376 e. The third kappa shape index (κ3) is 3.65. The molecule has 118 valence electrons. The minimum absolute atomic E-state index is 0.147. The Morgan fingerprint density at radius 3 is 2.76 bits per heavy atom. The quantitative estimate of drug-likeness (QED) is 0.824. The molecule has 0 aliphatic carbocycles. The van der Waals surface area contributed by atoms with Gasteiger partial charge in [-0.2, -0.15) is 0 Å². The van der Waals surface area contributed by atoms with E-state index in [1.807, 2.05) is 27.0 Å². The molecule has 0 spiro atoms. The van der Waals surface area contributed by atoms with Crippen LogP contribution in [-0.4, -0.2) is 33.7 Å². The van der Waals surface area contributed by atoms with E-state index >= 15 is 0 Å². The molecule has 1 aliphatic heterocycles. The van der Waals surface area contributed by atoms with Crippen molar-refractivity contribution in [3.05, 3.63) is 28.2 Å². The third-order valence-electron chi connectivity index (χ3n) is 3.92. The first kappa shape index (κ1) is 16.9. The van der Waals surface area contributed by atoms with E-state index < -0.39 is 15.6 Å². The van der Waals surface area contributed by atoms with Crippen LogP contribution >= 0.6 is 15.9 Å². The highest BCUT2D eigenvalue weighted by Crippen LogP contribution is 2.30. The van der Waals surface area contributed by atoms with Crippen LogP contribution in [0.25, 0.3) is 0 Å². The SMILES string of the molecule is CNCc1ccc(Br)c(S(=O)(=O)NC2(C)CCOC2C)c1. The molecule has 2 N–H and O–H groups in total. The van der Waals surface area contributed by atoms with Crippen LogP contribution in [0.3, 0.4) is 0 Å². The van der Waals surface area contributed by atoms with E-state index in [4.69, 9.17) is 4.74 Å². The molecule has 21 heavy (non-hydrogen) atoms. The molecule has 1 aliphatic rings. The van der Waals surface area contributed by atoms with Gasteiger partial charge < -0.3 is 10.1 Å². The van der Waals surface area contributed by atoms with Gasteiger partial charge in [-0.15, -0.1) is 0 Å². The standard InChI is InChI=1S/C14H21BrN2O3S/c1-10-14(2,6-7-20-10)17-21(18,19)13-8-11(9-16-3)4-5-12(13)15/h4-5,8,10,16-17H,6-7,9H2,1-3H3. The molecule has 1 saturated heterocycles. The van der Waals surface area contributed by atoms with Crippen molar-refractivity contribution in [2.45, 2.75) is 43.4 Å². The molecule has 0 aromatic heterocycles. The lowest BCUT2D eigenvalue weighted by atomic mass is 9.97. The Hall–Kier alpha value is -0.470. The molecule has 0 amide bonds. The second kappa shape index (κ2) is 6.34. The van der Waals surface area contributed by atoms with Gasteiger partial charge in [-0.1, -0.05) is 6.07 Å². The first-order chi connectivity index (χ1) is 9.78. The maximum atomic E-state index is 12.7. The third-order valence-corrected chi connectivity index (χ3v) is 6.53. The van der Waals surface area contributed by atoms with Crippen LogP contribution < -0.4 is 10.0 Å². The van der Waals surface area contributed by atoms with E-state index in [9.17, 15) is 8.42 Å². The summed E-state index contributed by atoms with van der Waals surface area (Å²) in [6, 6.07) is 5.34. The van der Waals surface area contributed by atoms with Gasteiger partial charge in [0.05, 0.1) is 16.5 Å². The summed E-state index contributed by atoms with van der Waals surface area (Å²) >= 11 is 3.33. The average molecular weight is 377 g/mol. The number of hydrogen-bond acceptors (Lipinski definition) is 4. The predicted octanol–water partition coefficient (Wildman–Crippen LogP) is 2.01. The zero-order valence-electron chi connectivity index (χ0n) is 12.4. The Bertz CT molecular complexity index is 621. The van der Waals surface area contributed by atoms with Crippen molar-refractivity contribution < 1.29 is 13.2 Å². The minimum Gasteiger partial charge on any atom is -0.376 e. The topological polar surface area (TPSA) is 67.4 Å². The van der Waals surface area contributed by atoms with Crippen LogP contribution in [0.5, 0.6) is 0 Å². The monoisotopic (exact) mass is 376 g/mol. The molecular formula is C14H21BrN2O3S. The highest BCUT2D eigenvalue weighted by Gasteiger charge is 2.41. The van der Waals surface area contributed by atoms with E-state index in [1.54, 1.807) is 12.1 Å². The normalized spacial score (nSPS) is 26.2. The molecule has 2 atom stereocenters. The van der Waals surface area contributed by atoms with E-state index in [1.165, 1.54) is 0 Å². The van der Waals surface area contributed by atoms with Crippen molar-refractivity contribution in [2.24, 2.45) is 0 Å². The smallest absolute Gasteiger partial charge is 0.242 e. The molecular weight excluding hydrogens is 356 g/mol. The van der Waals surface area contributed by atoms with E-state index in [0.29, 0.717) is 24.0 Å². The van der Waals surface area contributed by atoms with Gasteiger partial charge in [0.1, 0.15) is 0 Å². The highest BCUT2D eigenvalue weighted by molar-refractivity contribution is 9.10. The number of hydrogen-bond donors (Lipinski definition) is 2. The number of benzene rings is 1. The van der Waals surface area contributed by atoms with Crippen molar-refractivity contribution in [3.8, 4) is 0 Å². The second-order valence-corrected chi connectivity index (χ2v) is 8.09. The molecule has 1 fully saturated rings. The van der Waals surface area contributed by atoms with Crippen LogP contribution in [-0.2, 0) is 21.3 Å². The second-order valence-electron chi connectivity index (χ2n) is 5.58. The van der Waals surface area contributed by atoms with Gasteiger partial charge in [0.15, 0.2) is 0 Å². The summed E-state index contributed by atoms with van der Waals surface area (Å²) in [5.41, 5.74) is 0.346. The molecule has 0 saturated carbocycles. The molecule has 7 heteroatoms. The van der Waals surface area contributed by atoms with Gasteiger partial charge in [-0.25, -0.2) is 13.1 Å². The fourth-order valence-corrected chi connectivity index (χ4v) is 4.91. The number of ether oxygens (including phenoxy) is 1. The molecule has 1 aromatic rings. The van der Waals surface area contributed by atoms with Crippen molar-refractivity contribution >= 4 is 26.0 Å². The average Bonchev–Trinajstić information content (AvgIpc) is 2.71. The molecule has 5 nitrogen and oxygen atoms in total. The first-order valence-corrected chi connectivity index (χ1v) is 9.15. The van der Waals surface area contributed by atoms with Crippen LogP contribution in [0.4, 0.5) is 0 Å². The Morgan fingerprint density at radius 1 is 1.48 bits per heavy atom. The van der Waals surface area contributed by atoms with Gasteiger partial charge in [0.2, 0.25) is 10.0 Å². The minimum atomic E-state index is -3.61. The molecule has 0 radical (unpaired) electrons. The van der Waals surface area contributed by atoms with Crippen molar-refractivity contribution in [1.29, 1.82) is 0 Å². The van der Waals surface area contributed by atoms with Crippen molar-refractivity contribution in [1.82, 2.24) is 10.0 Å². The van der Waals surface area contributed by atoms with Crippen LogP contribution in [0, 0.1) is 0 Å². The Balaban J connectivity index is 2.33. The zero-order chi connectivity index (χ0) is 15.7. The van der Waals surface area contributed by atoms with E-state index in [-0.39, 0.29) is 11.0 Å². The summed E-state index contributed by atoms with van der Waals surface area (Å²) in [6.07, 6.45) is 0.521. The number of halogens is 1. The molecule has 0 bridgehead atoms. The number of rotatable bonds is 5. The van der Waals surface area contributed by atoms with Crippen LogP contribution in [0.2, 0.25) is 0 Å².